The number of para-hydroxylation sites is 1. The summed E-state index contributed by atoms with van der Waals surface area (Å²) in [7, 11) is 0. The van der Waals surface area contributed by atoms with E-state index in [0.29, 0.717) is 11.3 Å². The third kappa shape index (κ3) is 4.41. The maximum Gasteiger partial charge on any atom is 0.313 e. The molecule has 0 saturated heterocycles. The van der Waals surface area contributed by atoms with Gasteiger partial charge in [0.25, 0.3) is 0 Å². The fourth-order valence-corrected chi connectivity index (χ4v) is 2.34. The summed E-state index contributed by atoms with van der Waals surface area (Å²) in [4.78, 5) is 24.0. The Morgan fingerprint density at radius 3 is 2.42 bits per heavy atom. The van der Waals surface area contributed by atoms with Crippen molar-refractivity contribution in [2.75, 3.05) is 5.32 Å². The molecule has 1 atom stereocenters. The second kappa shape index (κ2) is 8.24. The first kappa shape index (κ1) is 17.7. The molecule has 4 nitrogen and oxygen atoms in total. The highest BCUT2D eigenvalue weighted by atomic mass is 19.1. The highest BCUT2D eigenvalue weighted by Crippen LogP contribution is 2.26. The summed E-state index contributed by atoms with van der Waals surface area (Å²) in [5, 5.41) is 5.06. The third-order valence-electron chi connectivity index (χ3n) is 3.96. The Bertz CT molecular complexity index is 731. The first-order valence-electron chi connectivity index (χ1n) is 7.94. The molecule has 0 radical (unpaired) electrons. The van der Waals surface area contributed by atoms with Gasteiger partial charge in [0.15, 0.2) is 0 Å². The smallest absolute Gasteiger partial charge is 0.313 e. The van der Waals surface area contributed by atoms with Crippen LogP contribution in [0.2, 0.25) is 0 Å². The average Bonchev–Trinajstić information content (AvgIpc) is 2.60. The molecular weight excluding hydrogens is 307 g/mol. The van der Waals surface area contributed by atoms with Crippen LogP contribution in [0.5, 0.6) is 0 Å². The van der Waals surface area contributed by atoms with Gasteiger partial charge in [0.2, 0.25) is 0 Å². The van der Waals surface area contributed by atoms with Gasteiger partial charge in [0.1, 0.15) is 5.82 Å². The second-order valence-electron chi connectivity index (χ2n) is 5.62. The molecule has 0 heterocycles. The molecule has 2 aromatic carbocycles. The molecule has 0 aliphatic rings. The van der Waals surface area contributed by atoms with Crippen molar-refractivity contribution >= 4 is 17.5 Å². The van der Waals surface area contributed by atoms with Gasteiger partial charge >= 0.3 is 11.8 Å². The number of carbonyl (C=O) groups is 2. The van der Waals surface area contributed by atoms with Gasteiger partial charge < -0.3 is 10.6 Å². The number of hydrogen-bond acceptors (Lipinski definition) is 2. The number of anilines is 1. The van der Waals surface area contributed by atoms with Crippen LogP contribution in [0.25, 0.3) is 0 Å². The van der Waals surface area contributed by atoms with Crippen LogP contribution < -0.4 is 10.6 Å². The van der Waals surface area contributed by atoms with E-state index >= 15 is 0 Å². The SMILES string of the molecule is CCC(C)c1ccccc1NC(=O)C(=O)NCc1ccccc1F. The van der Waals surface area contributed by atoms with Gasteiger partial charge in [-0.05, 0) is 30.0 Å². The van der Waals surface area contributed by atoms with Crippen molar-refractivity contribution in [2.45, 2.75) is 32.7 Å². The number of amides is 2. The van der Waals surface area contributed by atoms with Gasteiger partial charge in [-0.1, -0.05) is 50.2 Å². The van der Waals surface area contributed by atoms with Crippen LogP contribution in [0, 0.1) is 5.82 Å². The van der Waals surface area contributed by atoms with Crippen LogP contribution in [0.15, 0.2) is 48.5 Å². The molecule has 1 unspecified atom stereocenters. The van der Waals surface area contributed by atoms with Gasteiger partial charge in [-0.25, -0.2) is 4.39 Å². The molecule has 2 aromatic rings. The number of benzene rings is 2. The minimum Gasteiger partial charge on any atom is -0.344 e. The third-order valence-corrected chi connectivity index (χ3v) is 3.96. The van der Waals surface area contributed by atoms with E-state index in [4.69, 9.17) is 0 Å². The van der Waals surface area contributed by atoms with Crippen molar-refractivity contribution in [1.29, 1.82) is 0 Å². The van der Waals surface area contributed by atoms with Crippen LogP contribution in [0.4, 0.5) is 10.1 Å². The summed E-state index contributed by atoms with van der Waals surface area (Å²) in [5.41, 5.74) is 1.94. The van der Waals surface area contributed by atoms with Crippen molar-refractivity contribution < 1.29 is 14.0 Å². The highest BCUT2D eigenvalue weighted by Gasteiger charge is 2.17. The maximum absolute atomic E-state index is 13.5. The maximum atomic E-state index is 13.5. The first-order chi connectivity index (χ1) is 11.5. The summed E-state index contributed by atoms with van der Waals surface area (Å²) >= 11 is 0. The molecule has 0 aliphatic heterocycles. The molecule has 2 amide bonds. The van der Waals surface area contributed by atoms with Gasteiger partial charge in [-0.2, -0.15) is 0 Å². The summed E-state index contributed by atoms with van der Waals surface area (Å²) in [5.74, 6) is -1.71. The summed E-state index contributed by atoms with van der Waals surface area (Å²) < 4.78 is 13.5. The molecule has 0 aliphatic carbocycles. The van der Waals surface area contributed by atoms with Crippen molar-refractivity contribution in [3.63, 3.8) is 0 Å². The van der Waals surface area contributed by atoms with Crippen LogP contribution >= 0.6 is 0 Å². The van der Waals surface area contributed by atoms with Gasteiger partial charge in [-0.15, -0.1) is 0 Å². The van der Waals surface area contributed by atoms with Crippen LogP contribution in [0.3, 0.4) is 0 Å². The lowest BCUT2D eigenvalue weighted by Gasteiger charge is -2.15. The zero-order valence-corrected chi connectivity index (χ0v) is 13.8. The number of halogens is 1. The first-order valence-corrected chi connectivity index (χ1v) is 7.94. The molecule has 0 saturated carbocycles. The minimum absolute atomic E-state index is 0.0358. The van der Waals surface area contributed by atoms with E-state index in [2.05, 4.69) is 24.5 Å². The molecule has 24 heavy (non-hydrogen) atoms. The Morgan fingerprint density at radius 2 is 1.71 bits per heavy atom. The standard InChI is InChI=1S/C19H21FN2O2/c1-3-13(2)15-9-5-7-11-17(15)22-19(24)18(23)21-12-14-8-4-6-10-16(14)20/h4-11,13H,3,12H2,1-2H3,(H,21,23)(H,22,24). The van der Waals surface area contributed by atoms with Crippen LogP contribution in [-0.4, -0.2) is 11.8 Å². The predicted octanol–water partition coefficient (Wildman–Crippen LogP) is 3.59. The highest BCUT2D eigenvalue weighted by molar-refractivity contribution is 6.39. The second-order valence-corrected chi connectivity index (χ2v) is 5.62. The van der Waals surface area contributed by atoms with Gasteiger partial charge in [0, 0.05) is 17.8 Å². The quantitative estimate of drug-likeness (QED) is 0.824. The molecule has 0 spiro atoms. The van der Waals surface area contributed by atoms with Gasteiger partial charge in [-0.3, -0.25) is 9.59 Å². The molecule has 5 heteroatoms. The lowest BCUT2D eigenvalue weighted by Crippen LogP contribution is -2.35. The Balaban J connectivity index is 2.00. The summed E-state index contributed by atoms with van der Waals surface area (Å²) in [6.07, 6.45) is 0.923. The van der Waals surface area contributed by atoms with E-state index in [9.17, 15) is 14.0 Å². The normalized spacial score (nSPS) is 11.6. The minimum atomic E-state index is -0.794. The Hall–Kier alpha value is -2.69. The average molecular weight is 328 g/mol. The predicted molar refractivity (Wildman–Crippen MR) is 92.0 cm³/mol. The monoisotopic (exact) mass is 328 g/mol. The summed E-state index contributed by atoms with van der Waals surface area (Å²) in [6.45, 7) is 4.08. The molecule has 2 N–H and O–H groups in total. The van der Waals surface area contributed by atoms with E-state index in [-0.39, 0.29) is 12.5 Å². The van der Waals surface area contributed by atoms with Gasteiger partial charge in [0.05, 0.1) is 0 Å². The van der Waals surface area contributed by atoms with Crippen molar-refractivity contribution in [3.8, 4) is 0 Å². The van der Waals surface area contributed by atoms with E-state index < -0.39 is 17.6 Å². The van der Waals surface area contributed by atoms with Crippen LogP contribution in [-0.2, 0) is 16.1 Å². The zero-order chi connectivity index (χ0) is 17.5. The number of nitrogens with one attached hydrogen (secondary N) is 2. The lowest BCUT2D eigenvalue weighted by atomic mass is 9.97. The lowest BCUT2D eigenvalue weighted by molar-refractivity contribution is -0.136. The largest absolute Gasteiger partial charge is 0.344 e. The van der Waals surface area contributed by atoms with Crippen molar-refractivity contribution in [2.24, 2.45) is 0 Å². The molecule has 2 rings (SSSR count). The molecule has 0 bridgehead atoms. The number of carbonyl (C=O) groups excluding carboxylic acids is 2. The topological polar surface area (TPSA) is 58.2 Å². The Labute approximate surface area is 141 Å². The molecular formula is C19H21FN2O2. The number of rotatable bonds is 5. The Morgan fingerprint density at radius 1 is 1.04 bits per heavy atom. The van der Waals surface area contributed by atoms with Crippen LogP contribution in [0.1, 0.15) is 37.3 Å². The van der Waals surface area contributed by atoms with Crippen molar-refractivity contribution in [3.05, 3.63) is 65.5 Å². The van der Waals surface area contributed by atoms with E-state index in [1.54, 1.807) is 30.3 Å². The van der Waals surface area contributed by atoms with Crippen molar-refractivity contribution in [1.82, 2.24) is 5.32 Å². The fourth-order valence-electron chi connectivity index (χ4n) is 2.34. The summed E-state index contributed by atoms with van der Waals surface area (Å²) in [6, 6.07) is 13.5. The Kier molecular flexibility index (Phi) is 6.07. The molecule has 0 aromatic heterocycles. The molecule has 0 fully saturated rings. The van der Waals surface area contributed by atoms with E-state index in [1.807, 2.05) is 12.1 Å². The molecule has 126 valence electrons. The van der Waals surface area contributed by atoms with E-state index in [0.717, 1.165) is 12.0 Å². The number of hydrogen-bond donors (Lipinski definition) is 2. The van der Waals surface area contributed by atoms with E-state index in [1.165, 1.54) is 6.07 Å². The zero-order valence-electron chi connectivity index (χ0n) is 13.8. The fraction of sp³-hybridized carbons (Fsp3) is 0.263.